The minimum atomic E-state index is -0.895. The van der Waals surface area contributed by atoms with Gasteiger partial charge in [0.05, 0.1) is 6.10 Å². The normalized spacial score (nSPS) is 24.1. The van der Waals surface area contributed by atoms with Crippen molar-refractivity contribution in [2.75, 3.05) is 20.1 Å². The number of nitrogens with zero attached hydrogens (tertiary/aromatic N) is 1. The van der Waals surface area contributed by atoms with E-state index in [1.807, 2.05) is 0 Å². The highest BCUT2D eigenvalue weighted by atomic mass is 16.6. The number of piperidine rings is 1. The number of unbranched alkanes of at least 4 members (excludes halogenated alkanes) is 17. The molecule has 0 aromatic rings. The van der Waals surface area contributed by atoms with Gasteiger partial charge in [0.25, 0.3) is 0 Å². The topological polar surface area (TPSA) is 32.7 Å². The first-order valence-corrected chi connectivity index (χ1v) is 22.9. The van der Waals surface area contributed by atoms with Crippen molar-refractivity contribution in [3.8, 4) is 0 Å². The van der Waals surface area contributed by atoms with Crippen LogP contribution in [-0.2, 0) is 4.74 Å². The molecular weight excluding hydrogens is 623 g/mol. The van der Waals surface area contributed by atoms with Crippen molar-refractivity contribution in [1.29, 1.82) is 0 Å². The number of ether oxygens (including phenoxy) is 1. The molecule has 2 unspecified atom stereocenters. The Balaban J connectivity index is 1.64. The SMILES string of the molecule is CCCCC/C=C\C/C=C\CCCCCCCCC1(CCCCCCCCC(C)C/C=C\CCCCC)CCC(O)(OC2CCCN(C)C2)CC1. The number of likely N-dealkylation sites (N-methyl/N-ethyl adjacent to an activating group) is 1. The number of allylic oxidation sites excluding steroid dienone is 6. The summed E-state index contributed by atoms with van der Waals surface area (Å²) in [7, 11) is 2.19. The van der Waals surface area contributed by atoms with Crippen molar-refractivity contribution in [2.24, 2.45) is 11.3 Å². The van der Waals surface area contributed by atoms with Gasteiger partial charge in [-0.3, -0.25) is 0 Å². The van der Waals surface area contributed by atoms with Crippen LogP contribution in [0, 0.1) is 11.3 Å². The first kappa shape index (κ1) is 46.3. The van der Waals surface area contributed by atoms with Crippen molar-refractivity contribution in [3.05, 3.63) is 36.5 Å². The van der Waals surface area contributed by atoms with Gasteiger partial charge < -0.3 is 14.7 Å². The summed E-state index contributed by atoms with van der Waals surface area (Å²) >= 11 is 0. The van der Waals surface area contributed by atoms with E-state index >= 15 is 0 Å². The molecule has 1 saturated carbocycles. The molecule has 0 spiro atoms. The largest absolute Gasteiger partial charge is 0.365 e. The maximum Gasteiger partial charge on any atom is 0.165 e. The fourth-order valence-corrected chi connectivity index (χ4v) is 8.70. The molecule has 3 heteroatoms. The monoisotopic (exact) mass is 712 g/mol. The molecule has 0 amide bonds. The van der Waals surface area contributed by atoms with E-state index in [-0.39, 0.29) is 6.10 Å². The fraction of sp³-hybridized carbons (Fsp3) is 0.875. The zero-order valence-corrected chi connectivity index (χ0v) is 35.0. The van der Waals surface area contributed by atoms with Gasteiger partial charge in [-0.15, -0.1) is 0 Å². The van der Waals surface area contributed by atoms with Crippen LogP contribution in [0.1, 0.15) is 226 Å². The third-order valence-corrected chi connectivity index (χ3v) is 12.3. The molecule has 51 heavy (non-hydrogen) atoms. The molecule has 1 aliphatic carbocycles. The lowest BCUT2D eigenvalue weighted by molar-refractivity contribution is -0.261. The summed E-state index contributed by atoms with van der Waals surface area (Å²) in [5.74, 6) is -0.0620. The zero-order chi connectivity index (χ0) is 36.7. The van der Waals surface area contributed by atoms with Crippen LogP contribution < -0.4 is 0 Å². The van der Waals surface area contributed by atoms with Crippen LogP contribution in [0.15, 0.2) is 36.5 Å². The fourth-order valence-electron chi connectivity index (χ4n) is 8.70. The van der Waals surface area contributed by atoms with E-state index < -0.39 is 5.79 Å². The molecule has 1 heterocycles. The highest BCUT2D eigenvalue weighted by Crippen LogP contribution is 2.48. The lowest BCUT2D eigenvalue weighted by Crippen LogP contribution is -2.47. The molecule has 1 saturated heterocycles. The number of hydrogen-bond donors (Lipinski definition) is 1. The Morgan fingerprint density at radius 1 is 0.647 bits per heavy atom. The van der Waals surface area contributed by atoms with Crippen LogP contribution in [-0.4, -0.2) is 42.0 Å². The van der Waals surface area contributed by atoms with E-state index in [9.17, 15) is 5.11 Å². The molecule has 0 bridgehead atoms. The van der Waals surface area contributed by atoms with Crippen molar-refractivity contribution in [3.63, 3.8) is 0 Å². The van der Waals surface area contributed by atoms with Crippen LogP contribution in [0.25, 0.3) is 0 Å². The molecule has 0 aromatic carbocycles. The van der Waals surface area contributed by atoms with E-state index in [1.54, 1.807) is 0 Å². The Hall–Kier alpha value is -0.900. The average Bonchev–Trinajstić information content (AvgIpc) is 3.12. The van der Waals surface area contributed by atoms with Gasteiger partial charge in [0.2, 0.25) is 0 Å². The summed E-state index contributed by atoms with van der Waals surface area (Å²) in [6.07, 6.45) is 55.6. The Morgan fingerprint density at radius 2 is 1.16 bits per heavy atom. The van der Waals surface area contributed by atoms with Crippen LogP contribution in [0.3, 0.4) is 0 Å². The third-order valence-electron chi connectivity index (χ3n) is 12.3. The van der Waals surface area contributed by atoms with Crippen molar-refractivity contribution < 1.29 is 9.84 Å². The van der Waals surface area contributed by atoms with Crippen LogP contribution in [0.2, 0.25) is 0 Å². The van der Waals surface area contributed by atoms with Crippen molar-refractivity contribution >= 4 is 0 Å². The molecule has 2 atom stereocenters. The predicted octanol–water partition coefficient (Wildman–Crippen LogP) is 14.8. The van der Waals surface area contributed by atoms with E-state index in [0.29, 0.717) is 5.41 Å². The highest BCUT2D eigenvalue weighted by Gasteiger charge is 2.43. The second kappa shape index (κ2) is 30.4. The minimum absolute atomic E-state index is 0.198. The second-order valence-electron chi connectivity index (χ2n) is 17.4. The molecule has 1 N–H and O–H groups in total. The Morgan fingerprint density at radius 3 is 1.73 bits per heavy atom. The molecule has 298 valence electrons. The van der Waals surface area contributed by atoms with E-state index in [4.69, 9.17) is 4.74 Å². The summed E-state index contributed by atoms with van der Waals surface area (Å²) in [5.41, 5.74) is 0.424. The summed E-state index contributed by atoms with van der Waals surface area (Å²) in [5, 5.41) is 11.5. The van der Waals surface area contributed by atoms with Crippen LogP contribution >= 0.6 is 0 Å². The van der Waals surface area contributed by atoms with Gasteiger partial charge in [-0.2, -0.15) is 0 Å². The van der Waals surface area contributed by atoms with Gasteiger partial charge >= 0.3 is 0 Å². The molecule has 2 fully saturated rings. The summed E-state index contributed by atoms with van der Waals surface area (Å²) in [6.45, 7) is 9.12. The highest BCUT2D eigenvalue weighted by molar-refractivity contribution is 4.93. The minimum Gasteiger partial charge on any atom is -0.365 e. The summed E-state index contributed by atoms with van der Waals surface area (Å²) < 4.78 is 6.46. The van der Waals surface area contributed by atoms with Crippen LogP contribution in [0.4, 0.5) is 0 Å². The number of rotatable bonds is 32. The molecule has 0 aromatic heterocycles. The number of aliphatic hydroxyl groups is 1. The maximum atomic E-state index is 11.5. The quantitative estimate of drug-likeness (QED) is 0.0428. The maximum absolute atomic E-state index is 11.5. The standard InChI is InChI=1S/C48H89NO2/c1-5-7-9-11-13-14-15-16-17-18-19-20-21-23-27-31-37-47(39-41-48(50,42-40-47)51-46-36-33-43-49(4)44-46)38-32-28-24-22-26-30-35-45(3)34-29-25-12-10-8-6-2/h13-14,16-17,25,29,45-46,50H,5-12,15,18-24,26-28,30-44H2,1-4H3/b14-13-,17-16-,29-25-. The smallest absolute Gasteiger partial charge is 0.165 e. The lowest BCUT2D eigenvalue weighted by Gasteiger charge is -2.46. The Kier molecular flexibility index (Phi) is 27.6. The molecular formula is C48H89NO2. The lowest BCUT2D eigenvalue weighted by atomic mass is 9.66. The van der Waals surface area contributed by atoms with E-state index in [2.05, 4.69) is 69.2 Å². The summed E-state index contributed by atoms with van der Waals surface area (Å²) in [6, 6.07) is 0. The zero-order valence-electron chi connectivity index (χ0n) is 35.0. The Bertz CT molecular complexity index is 868. The van der Waals surface area contributed by atoms with Gasteiger partial charge in [-0.05, 0) is 115 Å². The van der Waals surface area contributed by atoms with Crippen molar-refractivity contribution in [1.82, 2.24) is 4.90 Å². The van der Waals surface area contributed by atoms with Crippen LogP contribution in [0.5, 0.6) is 0 Å². The van der Waals surface area contributed by atoms with E-state index in [0.717, 1.165) is 57.5 Å². The van der Waals surface area contributed by atoms with E-state index in [1.165, 1.54) is 167 Å². The molecule has 2 aliphatic rings. The molecule has 3 nitrogen and oxygen atoms in total. The van der Waals surface area contributed by atoms with Crippen molar-refractivity contribution in [2.45, 2.75) is 238 Å². The van der Waals surface area contributed by atoms with Gasteiger partial charge in [-0.1, -0.05) is 160 Å². The van der Waals surface area contributed by atoms with Gasteiger partial charge in [0.1, 0.15) is 0 Å². The third kappa shape index (κ3) is 24.2. The predicted molar refractivity (Wildman–Crippen MR) is 225 cm³/mol. The molecule has 2 rings (SSSR count). The number of likely N-dealkylation sites (tertiary alicyclic amines) is 1. The van der Waals surface area contributed by atoms with Gasteiger partial charge in [0, 0.05) is 19.4 Å². The first-order chi connectivity index (χ1) is 24.9. The van der Waals surface area contributed by atoms with Gasteiger partial charge in [-0.25, -0.2) is 0 Å². The molecule has 0 radical (unpaired) electrons. The average molecular weight is 712 g/mol. The summed E-state index contributed by atoms with van der Waals surface area (Å²) in [4.78, 5) is 2.37. The first-order valence-electron chi connectivity index (χ1n) is 22.9. The second-order valence-corrected chi connectivity index (χ2v) is 17.4. The molecule has 1 aliphatic heterocycles. The Labute approximate surface area is 319 Å². The van der Waals surface area contributed by atoms with Gasteiger partial charge in [0.15, 0.2) is 5.79 Å². The number of hydrogen-bond acceptors (Lipinski definition) is 3.